The summed E-state index contributed by atoms with van der Waals surface area (Å²) in [6, 6.07) is 8.18. The Balaban J connectivity index is 2.58. The average molecular weight is 249 g/mol. The maximum atomic E-state index is 10.2. The smallest absolute Gasteiger partial charge is 0.0792 e. The van der Waals surface area contributed by atoms with Crippen molar-refractivity contribution in [1.29, 1.82) is 0 Å². The lowest BCUT2D eigenvalue weighted by Crippen LogP contribution is -2.09. The normalized spacial score (nSPS) is 14.6. The van der Waals surface area contributed by atoms with Gasteiger partial charge in [-0.1, -0.05) is 32.9 Å². The zero-order valence-electron chi connectivity index (χ0n) is 12.4. The summed E-state index contributed by atoms with van der Waals surface area (Å²) in [5.74, 6) is 1.26. The van der Waals surface area contributed by atoms with Crippen LogP contribution < -0.4 is 4.90 Å². The van der Waals surface area contributed by atoms with Gasteiger partial charge in [0.15, 0.2) is 0 Å². The first-order valence-corrected chi connectivity index (χ1v) is 6.85. The molecule has 0 spiro atoms. The highest BCUT2D eigenvalue weighted by Gasteiger charge is 2.13. The number of hydrogen-bond donors (Lipinski definition) is 1. The first-order valence-electron chi connectivity index (χ1n) is 6.85. The van der Waals surface area contributed by atoms with E-state index in [0.29, 0.717) is 11.8 Å². The van der Waals surface area contributed by atoms with Crippen LogP contribution in [0.3, 0.4) is 0 Å². The van der Waals surface area contributed by atoms with Gasteiger partial charge in [-0.25, -0.2) is 0 Å². The van der Waals surface area contributed by atoms with Crippen LogP contribution in [0, 0.1) is 11.8 Å². The number of nitrogens with zero attached hydrogens (tertiary/aromatic N) is 1. The topological polar surface area (TPSA) is 23.5 Å². The minimum Gasteiger partial charge on any atom is -0.388 e. The lowest BCUT2D eigenvalue weighted by atomic mass is 9.91. The fourth-order valence-corrected chi connectivity index (χ4v) is 2.41. The molecule has 0 saturated carbocycles. The molecule has 1 aromatic rings. The first kappa shape index (κ1) is 15.0. The molecule has 2 atom stereocenters. The van der Waals surface area contributed by atoms with E-state index >= 15 is 0 Å². The van der Waals surface area contributed by atoms with E-state index in [9.17, 15) is 5.11 Å². The second kappa shape index (κ2) is 6.79. The Hall–Kier alpha value is -1.02. The van der Waals surface area contributed by atoms with E-state index < -0.39 is 0 Å². The largest absolute Gasteiger partial charge is 0.388 e. The number of aliphatic hydroxyl groups excluding tert-OH is 1. The molecule has 102 valence electrons. The predicted molar refractivity (Wildman–Crippen MR) is 79.0 cm³/mol. The van der Waals surface area contributed by atoms with E-state index in [1.54, 1.807) is 0 Å². The summed E-state index contributed by atoms with van der Waals surface area (Å²) in [5, 5.41) is 10.2. The molecule has 2 heteroatoms. The summed E-state index contributed by atoms with van der Waals surface area (Å²) in [5.41, 5.74) is 2.19. The third-order valence-electron chi connectivity index (χ3n) is 3.29. The van der Waals surface area contributed by atoms with Crippen molar-refractivity contribution in [3.8, 4) is 0 Å². The van der Waals surface area contributed by atoms with E-state index in [0.717, 1.165) is 12.0 Å². The van der Waals surface area contributed by atoms with Crippen LogP contribution in [0.4, 0.5) is 5.69 Å². The van der Waals surface area contributed by atoms with E-state index in [-0.39, 0.29) is 6.10 Å². The molecular formula is C16H27NO. The van der Waals surface area contributed by atoms with Crippen molar-refractivity contribution in [2.24, 2.45) is 11.8 Å². The molecule has 2 unspecified atom stereocenters. The minimum absolute atomic E-state index is 0.338. The summed E-state index contributed by atoms with van der Waals surface area (Å²) in [6.07, 6.45) is 1.68. The fourth-order valence-electron chi connectivity index (χ4n) is 2.41. The summed E-state index contributed by atoms with van der Waals surface area (Å²) >= 11 is 0. The second-order valence-electron chi connectivity index (χ2n) is 5.97. The maximum absolute atomic E-state index is 10.2. The van der Waals surface area contributed by atoms with E-state index in [4.69, 9.17) is 0 Å². The molecule has 1 aromatic carbocycles. The van der Waals surface area contributed by atoms with Crippen molar-refractivity contribution < 1.29 is 5.11 Å². The molecule has 0 aliphatic carbocycles. The zero-order valence-corrected chi connectivity index (χ0v) is 12.4. The number of benzene rings is 1. The van der Waals surface area contributed by atoms with Gasteiger partial charge < -0.3 is 10.0 Å². The standard InChI is InChI=1S/C16H27NO/c1-12(2)10-13(3)11-16(18)14-6-8-15(9-7-14)17(4)5/h6-9,12-13,16,18H,10-11H2,1-5H3. The first-order chi connectivity index (χ1) is 8.40. The van der Waals surface area contributed by atoms with Crippen molar-refractivity contribution in [3.05, 3.63) is 29.8 Å². The summed E-state index contributed by atoms with van der Waals surface area (Å²) in [4.78, 5) is 2.07. The molecule has 0 aromatic heterocycles. The van der Waals surface area contributed by atoms with Crippen molar-refractivity contribution in [2.75, 3.05) is 19.0 Å². The monoisotopic (exact) mass is 249 g/mol. The molecule has 0 amide bonds. The second-order valence-corrected chi connectivity index (χ2v) is 5.97. The molecule has 0 heterocycles. The lowest BCUT2D eigenvalue weighted by Gasteiger charge is -2.19. The number of rotatable bonds is 6. The molecule has 0 bridgehead atoms. The van der Waals surface area contributed by atoms with Crippen molar-refractivity contribution >= 4 is 5.69 Å². The molecule has 0 saturated heterocycles. The van der Waals surface area contributed by atoms with Crippen molar-refractivity contribution in [2.45, 2.75) is 39.7 Å². The number of hydrogen-bond acceptors (Lipinski definition) is 2. The van der Waals surface area contributed by atoms with Crippen molar-refractivity contribution in [3.63, 3.8) is 0 Å². The Morgan fingerprint density at radius 3 is 2.00 bits per heavy atom. The molecule has 0 aliphatic rings. The highest BCUT2D eigenvalue weighted by atomic mass is 16.3. The SMILES string of the molecule is CC(C)CC(C)CC(O)c1ccc(N(C)C)cc1. The average Bonchev–Trinajstić information content (AvgIpc) is 2.27. The molecule has 0 aliphatic heterocycles. The molecule has 1 N–H and O–H groups in total. The highest BCUT2D eigenvalue weighted by Crippen LogP contribution is 2.26. The summed E-state index contributed by atoms with van der Waals surface area (Å²) in [7, 11) is 4.05. The zero-order chi connectivity index (χ0) is 13.7. The van der Waals surface area contributed by atoms with Crippen molar-refractivity contribution in [1.82, 2.24) is 0 Å². The van der Waals surface area contributed by atoms with Gasteiger partial charge in [0.2, 0.25) is 0 Å². The third-order valence-corrected chi connectivity index (χ3v) is 3.29. The summed E-state index contributed by atoms with van der Waals surface area (Å²) < 4.78 is 0. The summed E-state index contributed by atoms with van der Waals surface area (Å²) in [6.45, 7) is 6.68. The van der Waals surface area contributed by atoms with Crippen LogP contribution in [0.25, 0.3) is 0 Å². The Kier molecular flexibility index (Phi) is 5.67. The fraction of sp³-hybridized carbons (Fsp3) is 0.625. The van der Waals surface area contributed by atoms with E-state index in [2.05, 4.69) is 37.8 Å². The molecule has 1 rings (SSSR count). The van der Waals surface area contributed by atoms with Crippen LogP contribution in [-0.4, -0.2) is 19.2 Å². The lowest BCUT2D eigenvalue weighted by molar-refractivity contribution is 0.142. The molecule has 18 heavy (non-hydrogen) atoms. The Morgan fingerprint density at radius 1 is 1.00 bits per heavy atom. The van der Waals surface area contributed by atoms with Gasteiger partial charge in [0, 0.05) is 19.8 Å². The van der Waals surface area contributed by atoms with Gasteiger partial charge in [0.05, 0.1) is 6.10 Å². The molecular weight excluding hydrogens is 222 g/mol. The molecule has 0 radical (unpaired) electrons. The van der Waals surface area contributed by atoms with Crippen LogP contribution >= 0.6 is 0 Å². The van der Waals surface area contributed by atoms with Gasteiger partial charge >= 0.3 is 0 Å². The van der Waals surface area contributed by atoms with Crippen LogP contribution in [0.15, 0.2) is 24.3 Å². The number of anilines is 1. The highest BCUT2D eigenvalue weighted by molar-refractivity contribution is 5.46. The van der Waals surface area contributed by atoms with Gasteiger partial charge in [-0.2, -0.15) is 0 Å². The van der Waals surface area contributed by atoms with Gasteiger partial charge in [0.1, 0.15) is 0 Å². The quantitative estimate of drug-likeness (QED) is 0.827. The predicted octanol–water partition coefficient (Wildman–Crippen LogP) is 3.86. The third kappa shape index (κ3) is 4.69. The number of aliphatic hydroxyl groups is 1. The molecule has 0 fully saturated rings. The van der Waals surface area contributed by atoms with E-state index in [1.165, 1.54) is 12.1 Å². The van der Waals surface area contributed by atoms with Crippen LogP contribution in [0.2, 0.25) is 0 Å². The van der Waals surface area contributed by atoms with Gasteiger partial charge in [-0.05, 0) is 42.4 Å². The Morgan fingerprint density at radius 2 is 1.56 bits per heavy atom. The van der Waals surface area contributed by atoms with Crippen LogP contribution in [-0.2, 0) is 0 Å². The van der Waals surface area contributed by atoms with Crippen LogP contribution in [0.5, 0.6) is 0 Å². The van der Waals surface area contributed by atoms with E-state index in [1.807, 2.05) is 26.2 Å². The maximum Gasteiger partial charge on any atom is 0.0792 e. The Labute approximate surface area is 112 Å². The van der Waals surface area contributed by atoms with Gasteiger partial charge in [-0.3, -0.25) is 0 Å². The Bertz CT molecular complexity index is 343. The van der Waals surface area contributed by atoms with Gasteiger partial charge in [-0.15, -0.1) is 0 Å². The van der Waals surface area contributed by atoms with Crippen LogP contribution in [0.1, 0.15) is 45.3 Å². The minimum atomic E-state index is -0.338. The molecule has 2 nitrogen and oxygen atoms in total. The van der Waals surface area contributed by atoms with Gasteiger partial charge in [0.25, 0.3) is 0 Å².